The van der Waals surface area contributed by atoms with Crippen molar-refractivity contribution in [3.8, 4) is 0 Å². The van der Waals surface area contributed by atoms with Gasteiger partial charge in [-0.1, -0.05) is 6.92 Å². The van der Waals surface area contributed by atoms with Crippen molar-refractivity contribution in [3.05, 3.63) is 11.1 Å². The fraction of sp³-hybridized carbons (Fsp3) is 0.545. The molecule has 0 radical (unpaired) electrons. The van der Waals surface area contributed by atoms with Gasteiger partial charge >= 0.3 is 5.97 Å². The van der Waals surface area contributed by atoms with E-state index in [2.05, 4.69) is 9.71 Å². The van der Waals surface area contributed by atoms with Gasteiger partial charge in [0.25, 0.3) is 0 Å². The van der Waals surface area contributed by atoms with Gasteiger partial charge in [0, 0.05) is 19.0 Å². The number of sulfonamides is 1. The molecule has 1 aromatic rings. The molecule has 1 rings (SSSR count). The van der Waals surface area contributed by atoms with Crippen molar-refractivity contribution < 1.29 is 23.1 Å². The van der Waals surface area contributed by atoms with Gasteiger partial charge in [-0.2, -0.15) is 0 Å². The van der Waals surface area contributed by atoms with E-state index in [4.69, 9.17) is 5.11 Å². The topological polar surface area (TPSA) is 117 Å². The summed E-state index contributed by atoms with van der Waals surface area (Å²) >= 11 is 1.08. The molecule has 0 saturated heterocycles. The number of likely N-dealkylation sites (N-methyl/N-ethyl adjacent to an activating group) is 1. The number of thiazole rings is 1. The molecule has 0 aliphatic heterocycles. The quantitative estimate of drug-likeness (QED) is 0.737. The number of hydrogen-bond acceptors (Lipinski definition) is 6. The summed E-state index contributed by atoms with van der Waals surface area (Å²) < 4.78 is 24.3. The second-order valence-corrected chi connectivity index (χ2v) is 7.32. The third-order valence-corrected chi connectivity index (χ3v) is 4.05. The van der Waals surface area contributed by atoms with Gasteiger partial charge in [0.2, 0.25) is 15.9 Å². The molecule has 1 aromatic heterocycles. The average molecular weight is 335 g/mol. The molecule has 118 valence electrons. The molecule has 1 unspecified atom stereocenters. The Hall–Kier alpha value is -1.68. The predicted molar refractivity (Wildman–Crippen MR) is 78.7 cm³/mol. The van der Waals surface area contributed by atoms with E-state index in [9.17, 15) is 18.0 Å². The summed E-state index contributed by atoms with van der Waals surface area (Å²) in [4.78, 5) is 28.0. The average Bonchev–Trinajstić information content (AvgIpc) is 2.73. The lowest BCUT2D eigenvalue weighted by Gasteiger charge is -2.18. The zero-order valence-electron chi connectivity index (χ0n) is 11.9. The van der Waals surface area contributed by atoms with Crippen LogP contribution in [0.2, 0.25) is 0 Å². The van der Waals surface area contributed by atoms with Crippen LogP contribution in [-0.4, -0.2) is 55.1 Å². The second-order valence-electron chi connectivity index (χ2n) is 4.71. The maximum Gasteiger partial charge on any atom is 0.308 e. The monoisotopic (exact) mass is 335 g/mol. The van der Waals surface area contributed by atoms with Crippen LogP contribution < -0.4 is 4.72 Å². The van der Waals surface area contributed by atoms with Gasteiger partial charge in [-0.25, -0.2) is 13.4 Å². The first-order valence-corrected chi connectivity index (χ1v) is 8.74. The van der Waals surface area contributed by atoms with Crippen LogP contribution in [0.5, 0.6) is 0 Å². The van der Waals surface area contributed by atoms with Gasteiger partial charge in [0.05, 0.1) is 24.3 Å². The van der Waals surface area contributed by atoms with E-state index in [1.165, 1.54) is 18.9 Å². The van der Waals surface area contributed by atoms with Crippen LogP contribution in [-0.2, 0) is 26.0 Å². The standard InChI is InChI=1S/C11H17N3O5S2/c1-7(10(16)17)5-14(2)9(15)4-8-6-20-11(12-8)13-21(3,18)19/h6-7H,4-5H2,1-3H3,(H,12,13)(H,16,17). The Bertz CT molecular complexity index is 626. The molecule has 0 aliphatic rings. The van der Waals surface area contributed by atoms with Crippen molar-refractivity contribution in [1.29, 1.82) is 0 Å². The number of carboxylic acid groups (broad SMARTS) is 1. The fourth-order valence-corrected chi connectivity index (χ4v) is 3.04. The smallest absolute Gasteiger partial charge is 0.308 e. The summed E-state index contributed by atoms with van der Waals surface area (Å²) in [7, 11) is -1.88. The number of carbonyl (C=O) groups is 2. The van der Waals surface area contributed by atoms with E-state index in [1.54, 1.807) is 5.38 Å². The van der Waals surface area contributed by atoms with Crippen molar-refractivity contribution in [2.45, 2.75) is 13.3 Å². The van der Waals surface area contributed by atoms with Crippen LogP contribution in [0.25, 0.3) is 0 Å². The molecule has 2 N–H and O–H groups in total. The zero-order chi connectivity index (χ0) is 16.2. The third-order valence-electron chi connectivity index (χ3n) is 2.55. The highest BCUT2D eigenvalue weighted by molar-refractivity contribution is 7.92. The number of anilines is 1. The molecule has 1 atom stereocenters. The molecular weight excluding hydrogens is 318 g/mol. The Kier molecular flexibility index (Phi) is 5.67. The van der Waals surface area contributed by atoms with Crippen LogP contribution in [0.4, 0.5) is 5.13 Å². The largest absolute Gasteiger partial charge is 0.481 e. The van der Waals surface area contributed by atoms with Crippen LogP contribution in [0.1, 0.15) is 12.6 Å². The predicted octanol–water partition coefficient (Wildman–Crippen LogP) is 0.236. The highest BCUT2D eigenvalue weighted by Gasteiger charge is 2.18. The van der Waals surface area contributed by atoms with Crippen LogP contribution in [0, 0.1) is 5.92 Å². The van der Waals surface area contributed by atoms with E-state index in [-0.39, 0.29) is 24.0 Å². The Morgan fingerprint density at radius 2 is 2.14 bits per heavy atom. The molecule has 1 heterocycles. The summed E-state index contributed by atoms with van der Waals surface area (Å²) in [6.45, 7) is 1.62. The van der Waals surface area contributed by atoms with Crippen molar-refractivity contribution in [2.75, 3.05) is 24.6 Å². The summed E-state index contributed by atoms with van der Waals surface area (Å²) in [5.74, 6) is -1.90. The molecular formula is C11H17N3O5S2. The minimum absolute atomic E-state index is 0.00915. The number of nitrogens with one attached hydrogen (secondary N) is 1. The fourth-order valence-electron chi connectivity index (χ4n) is 1.47. The Labute approximate surface area is 126 Å². The lowest BCUT2D eigenvalue weighted by atomic mass is 10.1. The lowest BCUT2D eigenvalue weighted by molar-refractivity contribution is -0.142. The SMILES string of the molecule is CC(CN(C)C(=O)Cc1csc(NS(C)(=O)=O)n1)C(=O)O. The van der Waals surface area contributed by atoms with Gasteiger partial charge in [-0.05, 0) is 0 Å². The van der Waals surface area contributed by atoms with Gasteiger partial charge in [-0.15, -0.1) is 11.3 Å². The maximum absolute atomic E-state index is 11.9. The molecule has 0 fully saturated rings. The first-order chi connectivity index (χ1) is 9.58. The lowest BCUT2D eigenvalue weighted by Crippen LogP contribution is -2.34. The normalized spacial score (nSPS) is 12.7. The number of nitrogens with zero attached hydrogens (tertiary/aromatic N) is 2. The van der Waals surface area contributed by atoms with E-state index in [0.717, 1.165) is 17.6 Å². The number of amides is 1. The number of rotatable bonds is 7. The number of carboxylic acids is 1. The van der Waals surface area contributed by atoms with Gasteiger partial charge in [-0.3, -0.25) is 14.3 Å². The molecule has 0 saturated carbocycles. The summed E-state index contributed by atoms with van der Waals surface area (Å²) in [5, 5.41) is 10.6. The molecule has 0 spiro atoms. The van der Waals surface area contributed by atoms with Crippen molar-refractivity contribution in [2.24, 2.45) is 5.92 Å². The molecule has 0 aromatic carbocycles. The van der Waals surface area contributed by atoms with Crippen molar-refractivity contribution in [3.63, 3.8) is 0 Å². The first kappa shape index (κ1) is 17.4. The number of aliphatic carboxylic acids is 1. The Morgan fingerprint density at radius 1 is 1.52 bits per heavy atom. The van der Waals surface area contributed by atoms with Crippen molar-refractivity contribution in [1.82, 2.24) is 9.88 Å². The summed E-state index contributed by atoms with van der Waals surface area (Å²) in [6.07, 6.45) is 1.01. The molecule has 1 amide bonds. The summed E-state index contributed by atoms with van der Waals surface area (Å²) in [6, 6.07) is 0. The summed E-state index contributed by atoms with van der Waals surface area (Å²) in [5.41, 5.74) is 0.436. The zero-order valence-corrected chi connectivity index (χ0v) is 13.5. The number of carbonyl (C=O) groups excluding carboxylic acids is 1. The maximum atomic E-state index is 11.9. The molecule has 8 nitrogen and oxygen atoms in total. The highest BCUT2D eigenvalue weighted by Crippen LogP contribution is 2.17. The van der Waals surface area contributed by atoms with E-state index < -0.39 is 21.9 Å². The van der Waals surface area contributed by atoms with Gasteiger partial charge in [0.1, 0.15) is 0 Å². The third kappa shape index (κ3) is 6.08. The Balaban J connectivity index is 2.61. The Morgan fingerprint density at radius 3 is 2.67 bits per heavy atom. The second kappa shape index (κ2) is 6.85. The molecule has 10 heteroatoms. The first-order valence-electron chi connectivity index (χ1n) is 5.97. The molecule has 0 aliphatic carbocycles. The molecule has 0 bridgehead atoms. The highest BCUT2D eigenvalue weighted by atomic mass is 32.2. The van der Waals surface area contributed by atoms with E-state index in [1.807, 2.05) is 0 Å². The van der Waals surface area contributed by atoms with Gasteiger partial charge < -0.3 is 10.0 Å². The van der Waals surface area contributed by atoms with Crippen LogP contribution in [0.15, 0.2) is 5.38 Å². The number of hydrogen-bond donors (Lipinski definition) is 2. The van der Waals surface area contributed by atoms with Crippen LogP contribution >= 0.6 is 11.3 Å². The van der Waals surface area contributed by atoms with E-state index in [0.29, 0.717) is 5.69 Å². The van der Waals surface area contributed by atoms with E-state index >= 15 is 0 Å². The van der Waals surface area contributed by atoms with Crippen LogP contribution in [0.3, 0.4) is 0 Å². The van der Waals surface area contributed by atoms with Gasteiger partial charge in [0.15, 0.2) is 5.13 Å². The minimum Gasteiger partial charge on any atom is -0.481 e. The number of aromatic nitrogens is 1. The van der Waals surface area contributed by atoms with Crippen molar-refractivity contribution >= 4 is 38.4 Å². The minimum atomic E-state index is -3.40. The molecule has 21 heavy (non-hydrogen) atoms.